The summed E-state index contributed by atoms with van der Waals surface area (Å²) >= 11 is 3.10. The van der Waals surface area contributed by atoms with Gasteiger partial charge in [0.05, 0.1) is 4.47 Å². The summed E-state index contributed by atoms with van der Waals surface area (Å²) in [5.41, 5.74) is 0.521. The number of carbonyl (C=O) groups is 1. The summed E-state index contributed by atoms with van der Waals surface area (Å²) < 4.78 is 13.8. The maximum Gasteiger partial charge on any atom is 0.224 e. The minimum Gasteiger partial charge on any atom is -0.326 e. The summed E-state index contributed by atoms with van der Waals surface area (Å²) in [6.45, 7) is 0. The molecule has 2 unspecified atom stereocenters. The molecule has 1 amide bonds. The van der Waals surface area contributed by atoms with E-state index in [2.05, 4.69) is 26.6 Å². The Hall–Kier alpha value is -0.650. The van der Waals surface area contributed by atoms with E-state index in [9.17, 15) is 9.18 Å². The molecule has 3 nitrogen and oxygen atoms in total. The average molecular weight is 378 g/mol. The van der Waals surface area contributed by atoms with E-state index in [-0.39, 0.29) is 24.1 Å². The van der Waals surface area contributed by atoms with Crippen molar-refractivity contribution in [2.24, 2.45) is 5.92 Å². The number of anilines is 1. The van der Waals surface area contributed by atoms with Crippen molar-refractivity contribution < 1.29 is 9.18 Å². The second-order valence-electron chi connectivity index (χ2n) is 5.86. The first-order valence-corrected chi connectivity index (χ1v) is 7.90. The van der Waals surface area contributed by atoms with Gasteiger partial charge in [0.2, 0.25) is 5.91 Å². The largest absolute Gasteiger partial charge is 0.326 e. The van der Waals surface area contributed by atoms with Crippen LogP contribution in [0.25, 0.3) is 0 Å². The van der Waals surface area contributed by atoms with Crippen molar-refractivity contribution in [1.82, 2.24) is 5.32 Å². The minimum absolute atomic E-state index is 0. The van der Waals surface area contributed by atoms with Crippen molar-refractivity contribution >= 4 is 39.9 Å². The number of hydrogen-bond acceptors (Lipinski definition) is 2. The molecule has 2 aliphatic heterocycles. The number of amides is 1. The maximum atomic E-state index is 13.4. The Labute approximate surface area is 138 Å². The first-order chi connectivity index (χ1) is 9.60. The van der Waals surface area contributed by atoms with Crippen LogP contribution in [0.1, 0.15) is 32.1 Å². The van der Waals surface area contributed by atoms with E-state index in [1.54, 1.807) is 12.1 Å². The van der Waals surface area contributed by atoms with E-state index in [1.807, 2.05) is 0 Å². The van der Waals surface area contributed by atoms with Crippen LogP contribution >= 0.6 is 28.3 Å². The second kappa shape index (κ2) is 7.07. The molecule has 0 spiro atoms. The van der Waals surface area contributed by atoms with E-state index in [0.717, 1.165) is 12.8 Å². The van der Waals surface area contributed by atoms with Crippen molar-refractivity contribution in [3.05, 3.63) is 28.5 Å². The van der Waals surface area contributed by atoms with Crippen LogP contribution in [-0.2, 0) is 4.79 Å². The number of rotatable bonds is 3. The van der Waals surface area contributed by atoms with Crippen molar-refractivity contribution in [3.8, 4) is 0 Å². The Balaban J connectivity index is 0.00000161. The number of benzene rings is 1. The van der Waals surface area contributed by atoms with Gasteiger partial charge in [-0.2, -0.15) is 0 Å². The molecule has 2 fully saturated rings. The Bertz CT molecular complexity index is 516. The fraction of sp³-hybridized carbons (Fsp3) is 0.533. The smallest absolute Gasteiger partial charge is 0.224 e. The third kappa shape index (κ3) is 4.18. The number of piperidine rings is 1. The quantitative estimate of drug-likeness (QED) is 0.839. The van der Waals surface area contributed by atoms with Crippen molar-refractivity contribution in [2.45, 2.75) is 44.2 Å². The molecule has 0 aromatic heterocycles. The molecule has 2 saturated heterocycles. The van der Waals surface area contributed by atoms with Gasteiger partial charge in [-0.05, 0) is 65.7 Å². The predicted molar refractivity (Wildman–Crippen MR) is 87.3 cm³/mol. The molecule has 3 rings (SSSR count). The van der Waals surface area contributed by atoms with Crippen LogP contribution in [0.2, 0.25) is 0 Å². The summed E-state index contributed by atoms with van der Waals surface area (Å²) in [7, 11) is 0. The number of carbonyl (C=O) groups excluding carboxylic acids is 1. The van der Waals surface area contributed by atoms with Gasteiger partial charge in [-0.3, -0.25) is 4.79 Å². The van der Waals surface area contributed by atoms with Gasteiger partial charge in [-0.25, -0.2) is 4.39 Å². The van der Waals surface area contributed by atoms with Crippen molar-refractivity contribution in [3.63, 3.8) is 0 Å². The number of halogens is 3. The molecule has 0 aliphatic carbocycles. The highest BCUT2D eigenvalue weighted by Crippen LogP contribution is 2.32. The molecular formula is C15H19BrClFN2O. The molecule has 2 N–H and O–H groups in total. The third-order valence-corrected chi connectivity index (χ3v) is 4.89. The normalized spacial score (nSPS) is 27.0. The molecule has 1 aromatic carbocycles. The summed E-state index contributed by atoms with van der Waals surface area (Å²) in [5, 5.41) is 6.36. The van der Waals surface area contributed by atoms with Crippen LogP contribution in [-0.4, -0.2) is 18.0 Å². The lowest BCUT2D eigenvalue weighted by Crippen LogP contribution is -2.39. The second-order valence-corrected chi connectivity index (χ2v) is 6.71. The number of fused-ring (bicyclic) bond motifs is 2. The maximum absolute atomic E-state index is 13.4. The summed E-state index contributed by atoms with van der Waals surface area (Å²) in [6.07, 6.45) is 5.17. The van der Waals surface area contributed by atoms with Crippen molar-refractivity contribution in [2.75, 3.05) is 5.32 Å². The third-order valence-electron chi connectivity index (χ3n) is 4.25. The molecule has 0 saturated carbocycles. The minimum atomic E-state index is -0.359. The molecular weight excluding hydrogens is 359 g/mol. The fourth-order valence-electron chi connectivity index (χ4n) is 3.39. The van der Waals surface area contributed by atoms with E-state index < -0.39 is 0 Å². The van der Waals surface area contributed by atoms with Gasteiger partial charge >= 0.3 is 0 Å². The lowest BCUT2D eigenvalue weighted by Gasteiger charge is -2.28. The zero-order valence-electron chi connectivity index (χ0n) is 11.6. The molecule has 21 heavy (non-hydrogen) atoms. The first-order valence-electron chi connectivity index (χ1n) is 7.11. The molecule has 2 atom stereocenters. The van der Waals surface area contributed by atoms with Crippen LogP contribution in [0.15, 0.2) is 22.7 Å². The van der Waals surface area contributed by atoms with Crippen LogP contribution in [0, 0.1) is 11.7 Å². The van der Waals surface area contributed by atoms with E-state index in [4.69, 9.17) is 0 Å². The lowest BCUT2D eigenvalue weighted by molar-refractivity contribution is -0.117. The van der Waals surface area contributed by atoms with E-state index in [0.29, 0.717) is 34.6 Å². The Morgan fingerprint density at radius 2 is 2.00 bits per heavy atom. The molecule has 2 heterocycles. The summed E-state index contributed by atoms with van der Waals surface area (Å²) in [5.74, 6) is 0.0785. The zero-order valence-corrected chi connectivity index (χ0v) is 14.0. The predicted octanol–water partition coefficient (Wildman–Crippen LogP) is 3.87. The van der Waals surface area contributed by atoms with E-state index >= 15 is 0 Å². The SMILES string of the molecule is Cl.O=C(CC1CC2CCC(C1)N2)Nc1ccc(Br)c(F)c1. The standard InChI is InChI=1S/C15H18BrFN2O.ClH/c16-13-4-3-12(8-14(13)17)19-15(20)7-9-5-10-1-2-11(6-9)18-10;/h3-4,8-11,18H,1-2,5-7H2,(H,19,20);1H. The van der Waals surface area contributed by atoms with Crippen LogP contribution in [0.5, 0.6) is 0 Å². The van der Waals surface area contributed by atoms with Gasteiger partial charge in [-0.15, -0.1) is 12.4 Å². The molecule has 2 bridgehead atoms. The first kappa shape index (κ1) is 16.7. The molecule has 2 aliphatic rings. The molecule has 1 aromatic rings. The van der Waals surface area contributed by atoms with Gasteiger partial charge < -0.3 is 10.6 Å². The van der Waals surface area contributed by atoms with E-state index in [1.165, 1.54) is 18.9 Å². The molecule has 6 heteroatoms. The van der Waals surface area contributed by atoms with Gasteiger partial charge in [0, 0.05) is 24.2 Å². The molecule has 116 valence electrons. The average Bonchev–Trinajstić information content (AvgIpc) is 2.73. The van der Waals surface area contributed by atoms with Crippen LogP contribution < -0.4 is 10.6 Å². The topological polar surface area (TPSA) is 41.1 Å². The molecule has 0 radical (unpaired) electrons. The Morgan fingerprint density at radius 1 is 1.33 bits per heavy atom. The number of hydrogen-bond donors (Lipinski definition) is 2. The van der Waals surface area contributed by atoms with Crippen LogP contribution in [0.3, 0.4) is 0 Å². The zero-order chi connectivity index (χ0) is 14.1. The number of nitrogens with one attached hydrogen (secondary N) is 2. The van der Waals surface area contributed by atoms with Gasteiger partial charge in [-0.1, -0.05) is 0 Å². The highest BCUT2D eigenvalue weighted by Gasteiger charge is 2.34. The summed E-state index contributed by atoms with van der Waals surface area (Å²) in [6, 6.07) is 5.84. The van der Waals surface area contributed by atoms with Crippen LogP contribution in [0.4, 0.5) is 10.1 Å². The summed E-state index contributed by atoms with van der Waals surface area (Å²) in [4.78, 5) is 12.0. The van der Waals surface area contributed by atoms with Gasteiger partial charge in [0.15, 0.2) is 0 Å². The highest BCUT2D eigenvalue weighted by atomic mass is 79.9. The monoisotopic (exact) mass is 376 g/mol. The van der Waals surface area contributed by atoms with Gasteiger partial charge in [0.1, 0.15) is 5.82 Å². The Morgan fingerprint density at radius 3 is 2.62 bits per heavy atom. The van der Waals surface area contributed by atoms with Gasteiger partial charge in [0.25, 0.3) is 0 Å². The highest BCUT2D eigenvalue weighted by molar-refractivity contribution is 9.10. The lowest BCUT2D eigenvalue weighted by atomic mass is 9.89. The fourth-order valence-corrected chi connectivity index (χ4v) is 3.64. The Kier molecular flexibility index (Phi) is 5.63. The van der Waals surface area contributed by atoms with Crippen molar-refractivity contribution in [1.29, 1.82) is 0 Å².